The summed E-state index contributed by atoms with van der Waals surface area (Å²) >= 11 is 0. The van der Waals surface area contributed by atoms with E-state index < -0.39 is 0 Å². The Bertz CT molecular complexity index is 1370. The van der Waals surface area contributed by atoms with Gasteiger partial charge in [-0.3, -0.25) is 4.90 Å². The summed E-state index contributed by atoms with van der Waals surface area (Å²) < 4.78 is 0. The van der Waals surface area contributed by atoms with Crippen LogP contribution in [-0.2, 0) is 5.54 Å². The molecule has 2 aromatic carbocycles. The van der Waals surface area contributed by atoms with Gasteiger partial charge < -0.3 is 15.5 Å². The fraction of sp³-hybridized carbons (Fsp3) is 0.367. The van der Waals surface area contributed by atoms with E-state index in [0.29, 0.717) is 5.65 Å². The van der Waals surface area contributed by atoms with E-state index in [1.54, 1.807) is 0 Å². The van der Waals surface area contributed by atoms with Crippen molar-refractivity contribution in [2.24, 2.45) is 5.73 Å². The van der Waals surface area contributed by atoms with Crippen LogP contribution in [0, 0.1) is 0 Å². The third-order valence-electron chi connectivity index (χ3n) is 7.64. The van der Waals surface area contributed by atoms with Crippen molar-refractivity contribution < 1.29 is 0 Å². The van der Waals surface area contributed by atoms with Gasteiger partial charge in [0.2, 0.25) is 0 Å². The number of nitrogens with zero attached hydrogens (tertiary/aromatic N) is 6. The van der Waals surface area contributed by atoms with Crippen molar-refractivity contribution in [2.75, 3.05) is 58.3 Å². The molecule has 6 rings (SSSR count). The molecule has 4 aromatic rings. The molecular formula is C30H35N7. The molecule has 2 aliphatic rings. The lowest BCUT2D eigenvalue weighted by atomic mass is 10.00. The van der Waals surface area contributed by atoms with Crippen molar-refractivity contribution >= 4 is 17.0 Å². The summed E-state index contributed by atoms with van der Waals surface area (Å²) in [5.41, 5.74) is 12.8. The van der Waals surface area contributed by atoms with Gasteiger partial charge >= 0.3 is 0 Å². The van der Waals surface area contributed by atoms with Crippen LogP contribution in [0.3, 0.4) is 0 Å². The molecule has 2 aromatic heterocycles. The van der Waals surface area contributed by atoms with Crippen molar-refractivity contribution in [3.63, 3.8) is 0 Å². The van der Waals surface area contributed by atoms with Crippen molar-refractivity contribution in [1.82, 2.24) is 24.8 Å². The van der Waals surface area contributed by atoms with Gasteiger partial charge in [0, 0.05) is 55.9 Å². The first-order valence-corrected chi connectivity index (χ1v) is 13.2. The lowest BCUT2D eigenvalue weighted by Gasteiger charge is -2.35. The second-order valence-corrected chi connectivity index (χ2v) is 10.7. The van der Waals surface area contributed by atoms with E-state index >= 15 is 0 Å². The molecule has 0 spiro atoms. The van der Waals surface area contributed by atoms with Gasteiger partial charge in [0.1, 0.15) is 11.3 Å². The van der Waals surface area contributed by atoms with Crippen LogP contribution in [0.5, 0.6) is 0 Å². The Balaban J connectivity index is 1.32. The molecule has 7 heteroatoms. The molecule has 0 bridgehead atoms. The second-order valence-electron chi connectivity index (χ2n) is 10.7. The quantitative estimate of drug-likeness (QED) is 0.417. The molecule has 0 atom stereocenters. The van der Waals surface area contributed by atoms with E-state index in [1.807, 2.05) is 18.2 Å². The Hall–Kier alpha value is -3.39. The number of aromatic nitrogens is 3. The van der Waals surface area contributed by atoms with Crippen molar-refractivity contribution in [3.8, 4) is 22.5 Å². The summed E-state index contributed by atoms with van der Waals surface area (Å²) in [4.78, 5) is 22.3. The van der Waals surface area contributed by atoms with E-state index in [0.717, 1.165) is 86.0 Å². The van der Waals surface area contributed by atoms with Crippen molar-refractivity contribution in [2.45, 2.75) is 18.4 Å². The predicted octanol–water partition coefficient (Wildman–Crippen LogP) is 3.99. The molecular weight excluding hydrogens is 458 g/mol. The number of hydrogen-bond donors (Lipinski definition) is 1. The smallest absolute Gasteiger partial charge is 0.180 e. The normalized spacial score (nSPS) is 17.5. The van der Waals surface area contributed by atoms with E-state index in [1.165, 1.54) is 5.56 Å². The molecule has 2 fully saturated rings. The first-order valence-electron chi connectivity index (χ1n) is 13.2. The zero-order chi connectivity index (χ0) is 25.4. The van der Waals surface area contributed by atoms with Crippen LogP contribution in [0.15, 0.2) is 66.7 Å². The zero-order valence-electron chi connectivity index (χ0n) is 21.8. The van der Waals surface area contributed by atoms with E-state index in [-0.39, 0.29) is 5.54 Å². The third kappa shape index (κ3) is 5.07. The largest absolute Gasteiger partial charge is 0.354 e. The lowest BCUT2D eigenvalue weighted by Crippen LogP contribution is -2.48. The average molecular weight is 494 g/mol. The summed E-state index contributed by atoms with van der Waals surface area (Å²) in [5.74, 6) is 0.975. The number of nitrogens with two attached hydrogens (primary N) is 1. The minimum atomic E-state index is -0.145. The van der Waals surface area contributed by atoms with E-state index in [9.17, 15) is 0 Å². The maximum atomic E-state index is 6.42. The van der Waals surface area contributed by atoms with Crippen LogP contribution in [0.4, 0.5) is 5.82 Å². The van der Waals surface area contributed by atoms with E-state index in [2.05, 4.69) is 77.3 Å². The third-order valence-corrected chi connectivity index (χ3v) is 7.64. The van der Waals surface area contributed by atoms with Gasteiger partial charge in [-0.15, -0.1) is 0 Å². The second kappa shape index (κ2) is 9.82. The van der Waals surface area contributed by atoms with Crippen LogP contribution in [0.1, 0.15) is 18.4 Å². The lowest BCUT2D eigenvalue weighted by molar-refractivity contribution is 0.229. The van der Waals surface area contributed by atoms with Gasteiger partial charge in [0.05, 0.1) is 11.4 Å². The number of fused-ring (bicyclic) bond motifs is 1. The van der Waals surface area contributed by atoms with Crippen LogP contribution in [0.2, 0.25) is 0 Å². The molecule has 1 aliphatic carbocycles. The fourth-order valence-electron chi connectivity index (χ4n) is 5.03. The minimum absolute atomic E-state index is 0.145. The Morgan fingerprint density at radius 1 is 0.784 bits per heavy atom. The molecule has 0 radical (unpaired) electrons. The van der Waals surface area contributed by atoms with Gasteiger partial charge in [0.15, 0.2) is 5.65 Å². The molecule has 0 amide bonds. The number of rotatable bonds is 7. The first kappa shape index (κ1) is 24.0. The molecule has 7 nitrogen and oxygen atoms in total. The van der Waals surface area contributed by atoms with Crippen LogP contribution in [-0.4, -0.2) is 78.1 Å². The monoisotopic (exact) mass is 493 g/mol. The van der Waals surface area contributed by atoms with Crippen LogP contribution >= 0.6 is 0 Å². The predicted molar refractivity (Wildman–Crippen MR) is 151 cm³/mol. The fourth-order valence-corrected chi connectivity index (χ4v) is 5.03. The standard InChI is InChI=1S/C30H35N7/c1-35(2)16-17-36-18-20-37(21-19-36)26-13-12-25-29(33-26)34-28(22-6-4-3-5-7-22)27(32-25)23-8-10-24(11-9-23)30(31)14-15-30/h3-13H,14-21,31H2,1-2H3. The number of piperazine rings is 1. The summed E-state index contributed by atoms with van der Waals surface area (Å²) in [5, 5.41) is 0. The maximum absolute atomic E-state index is 6.42. The molecule has 1 saturated carbocycles. The Morgan fingerprint density at radius 2 is 1.46 bits per heavy atom. The molecule has 0 unspecified atom stereocenters. The first-order chi connectivity index (χ1) is 18.0. The SMILES string of the molecule is CN(C)CCN1CCN(c2ccc3nc(-c4ccc(C5(N)CC5)cc4)c(-c4ccccc4)nc3n2)CC1. The van der Waals surface area contributed by atoms with Crippen LogP contribution < -0.4 is 10.6 Å². The number of benzene rings is 2. The zero-order valence-corrected chi connectivity index (χ0v) is 21.8. The molecule has 1 aliphatic heterocycles. The van der Waals surface area contributed by atoms with Gasteiger partial charge in [-0.05, 0) is 44.6 Å². The summed E-state index contributed by atoms with van der Waals surface area (Å²) in [6.45, 7) is 6.23. The number of hydrogen-bond acceptors (Lipinski definition) is 7. The summed E-state index contributed by atoms with van der Waals surface area (Å²) in [6.07, 6.45) is 2.10. The summed E-state index contributed by atoms with van der Waals surface area (Å²) in [6, 6.07) is 23.0. The van der Waals surface area contributed by atoms with Crippen molar-refractivity contribution in [1.29, 1.82) is 0 Å². The highest BCUT2D eigenvalue weighted by molar-refractivity contribution is 5.85. The Morgan fingerprint density at radius 3 is 2.14 bits per heavy atom. The summed E-state index contributed by atoms with van der Waals surface area (Å²) in [7, 11) is 4.26. The highest BCUT2D eigenvalue weighted by Crippen LogP contribution is 2.43. The highest BCUT2D eigenvalue weighted by Gasteiger charge is 2.39. The Labute approximate surface area is 219 Å². The van der Waals surface area contributed by atoms with Crippen LogP contribution in [0.25, 0.3) is 33.7 Å². The highest BCUT2D eigenvalue weighted by atomic mass is 15.3. The van der Waals surface area contributed by atoms with E-state index in [4.69, 9.17) is 20.7 Å². The number of anilines is 1. The Kier molecular flexibility index (Phi) is 6.36. The van der Waals surface area contributed by atoms with Gasteiger partial charge in [-0.1, -0.05) is 54.6 Å². The molecule has 190 valence electrons. The molecule has 37 heavy (non-hydrogen) atoms. The van der Waals surface area contributed by atoms with Gasteiger partial charge in [0.25, 0.3) is 0 Å². The average Bonchev–Trinajstić information content (AvgIpc) is 3.70. The topological polar surface area (TPSA) is 74.4 Å². The van der Waals surface area contributed by atoms with Gasteiger partial charge in [-0.2, -0.15) is 0 Å². The molecule has 2 N–H and O–H groups in total. The molecule has 3 heterocycles. The number of pyridine rings is 1. The van der Waals surface area contributed by atoms with Crippen molar-refractivity contribution in [3.05, 3.63) is 72.3 Å². The number of likely N-dealkylation sites (N-methyl/N-ethyl adjacent to an activating group) is 1. The van der Waals surface area contributed by atoms with Gasteiger partial charge in [-0.25, -0.2) is 15.0 Å². The maximum Gasteiger partial charge on any atom is 0.180 e. The minimum Gasteiger partial charge on any atom is -0.354 e. The molecule has 1 saturated heterocycles.